The molecule has 0 radical (unpaired) electrons. The number of hydrogen-bond donors (Lipinski definition) is 1. The Morgan fingerprint density at radius 1 is 1.26 bits per heavy atom. The first kappa shape index (κ1) is 17.3. The van der Waals surface area contributed by atoms with Crippen LogP contribution in [0.4, 0.5) is 0 Å². The smallest absolute Gasteiger partial charge is 0.327 e. The maximum absolute atomic E-state index is 10.3. The Bertz CT molecular complexity index is 674. The van der Waals surface area contributed by atoms with E-state index in [2.05, 4.69) is 27.6 Å². The van der Waals surface area contributed by atoms with Gasteiger partial charge in [0.1, 0.15) is 6.61 Å². The van der Waals surface area contributed by atoms with Crippen molar-refractivity contribution >= 4 is 28.6 Å². The number of carboxylic acid groups (broad SMARTS) is 1. The molecular formula is C17H16INO4. The van der Waals surface area contributed by atoms with Gasteiger partial charge in [-0.05, 0) is 34.6 Å². The van der Waals surface area contributed by atoms with Crippen molar-refractivity contribution in [3.05, 3.63) is 63.9 Å². The topological polar surface area (TPSA) is 68.7 Å². The van der Waals surface area contributed by atoms with Gasteiger partial charge in [-0.2, -0.15) is 0 Å². The van der Waals surface area contributed by atoms with Crippen LogP contribution in [0.25, 0.3) is 0 Å². The molecule has 0 fully saturated rings. The van der Waals surface area contributed by atoms with Crippen LogP contribution in [0.15, 0.2) is 54.7 Å². The van der Waals surface area contributed by atoms with Crippen LogP contribution in [0.3, 0.4) is 0 Å². The van der Waals surface area contributed by atoms with Gasteiger partial charge in [-0.1, -0.05) is 36.4 Å². The van der Waals surface area contributed by atoms with Crippen LogP contribution in [0.1, 0.15) is 12.0 Å². The fourth-order valence-corrected chi connectivity index (χ4v) is 2.30. The zero-order valence-electron chi connectivity index (χ0n) is 12.3. The highest BCUT2D eigenvalue weighted by atomic mass is 127. The van der Waals surface area contributed by atoms with Crippen molar-refractivity contribution < 1.29 is 19.4 Å². The maximum Gasteiger partial charge on any atom is 0.327 e. The minimum atomic E-state index is -0.957. The first-order chi connectivity index (χ1) is 11.1. The summed E-state index contributed by atoms with van der Waals surface area (Å²) in [5.74, 6) is 0.235. The summed E-state index contributed by atoms with van der Waals surface area (Å²) >= 11 is 2.15. The predicted molar refractivity (Wildman–Crippen MR) is 94.6 cm³/mol. The van der Waals surface area contributed by atoms with Gasteiger partial charge >= 0.3 is 5.97 Å². The minimum absolute atomic E-state index is 0.395. The fraction of sp³-hybridized carbons (Fsp3) is 0.176. The summed E-state index contributed by atoms with van der Waals surface area (Å²) in [7, 11) is 0. The van der Waals surface area contributed by atoms with Crippen molar-refractivity contribution in [3.63, 3.8) is 0 Å². The Balaban J connectivity index is 1.84. The van der Waals surface area contributed by atoms with E-state index in [-0.39, 0.29) is 0 Å². The van der Waals surface area contributed by atoms with E-state index in [1.807, 2.05) is 36.4 Å². The molecule has 5 nitrogen and oxygen atoms in total. The average Bonchev–Trinajstić information content (AvgIpc) is 2.55. The second-order valence-corrected chi connectivity index (χ2v) is 5.77. The van der Waals surface area contributed by atoms with Crippen molar-refractivity contribution in [1.29, 1.82) is 0 Å². The van der Waals surface area contributed by atoms with Gasteiger partial charge in [0, 0.05) is 12.1 Å². The number of ether oxygens (including phenoxy) is 2. The number of aromatic nitrogens is 1. The van der Waals surface area contributed by atoms with Crippen LogP contribution in [-0.2, 0) is 11.4 Å². The second-order valence-electron chi connectivity index (χ2n) is 4.60. The van der Waals surface area contributed by atoms with Crippen molar-refractivity contribution in [2.75, 3.05) is 6.61 Å². The summed E-state index contributed by atoms with van der Waals surface area (Å²) in [6.45, 7) is 0.857. The molecule has 120 valence electrons. The molecule has 0 saturated carbocycles. The summed E-state index contributed by atoms with van der Waals surface area (Å²) in [4.78, 5) is 14.6. The summed E-state index contributed by atoms with van der Waals surface area (Å²) in [5.41, 5.74) is 1.08. The molecule has 2 rings (SSSR count). The van der Waals surface area contributed by atoms with Gasteiger partial charge in [0.25, 0.3) is 0 Å². The van der Waals surface area contributed by atoms with Crippen molar-refractivity contribution in [3.8, 4) is 11.6 Å². The van der Waals surface area contributed by atoms with Gasteiger partial charge in [-0.15, -0.1) is 0 Å². The number of benzene rings is 1. The summed E-state index contributed by atoms with van der Waals surface area (Å²) in [5, 5.41) is 8.48. The number of rotatable bonds is 8. The Morgan fingerprint density at radius 2 is 2.04 bits per heavy atom. The molecule has 0 atom stereocenters. The standard InChI is InChI=1S/C17H16INO4/c18-14-10-16(23-12-13-6-2-1-3-7-13)19-11-15(14)22-9-5-4-8-17(20)21/h1-4,6-8,10-11H,5,9,12H2,(H,20,21)/b8-4+. The zero-order valence-corrected chi connectivity index (χ0v) is 14.5. The molecule has 23 heavy (non-hydrogen) atoms. The minimum Gasteiger partial charge on any atom is -0.491 e. The van der Waals surface area contributed by atoms with Gasteiger partial charge in [-0.25, -0.2) is 9.78 Å². The molecule has 1 aromatic heterocycles. The molecule has 0 aliphatic heterocycles. The van der Waals surface area contributed by atoms with Crippen LogP contribution >= 0.6 is 22.6 Å². The molecule has 0 unspecified atom stereocenters. The van der Waals surface area contributed by atoms with Crippen LogP contribution in [0.2, 0.25) is 0 Å². The number of halogens is 1. The lowest BCUT2D eigenvalue weighted by molar-refractivity contribution is -0.131. The Kier molecular flexibility index (Phi) is 6.86. The fourth-order valence-electron chi connectivity index (χ4n) is 1.74. The summed E-state index contributed by atoms with van der Waals surface area (Å²) < 4.78 is 12.1. The van der Waals surface area contributed by atoms with E-state index < -0.39 is 5.97 Å². The third-order valence-electron chi connectivity index (χ3n) is 2.83. The van der Waals surface area contributed by atoms with Crippen molar-refractivity contribution in [1.82, 2.24) is 4.98 Å². The van der Waals surface area contributed by atoms with Crippen LogP contribution in [0, 0.1) is 3.57 Å². The SMILES string of the molecule is O=C(O)/C=C/CCOc1cnc(OCc2ccccc2)cc1I. The molecular weight excluding hydrogens is 409 g/mol. The van der Waals surface area contributed by atoms with Crippen molar-refractivity contribution in [2.24, 2.45) is 0 Å². The number of nitrogens with zero attached hydrogens (tertiary/aromatic N) is 1. The number of carboxylic acids is 1. The summed E-state index contributed by atoms with van der Waals surface area (Å²) in [6.07, 6.45) is 4.80. The van der Waals surface area contributed by atoms with E-state index >= 15 is 0 Å². The molecule has 2 aromatic rings. The summed E-state index contributed by atoms with van der Waals surface area (Å²) in [6, 6.07) is 11.7. The molecule has 0 saturated heterocycles. The highest BCUT2D eigenvalue weighted by Crippen LogP contribution is 2.24. The normalized spacial score (nSPS) is 10.7. The Morgan fingerprint density at radius 3 is 2.74 bits per heavy atom. The molecule has 1 N–H and O–H groups in total. The van der Waals surface area contributed by atoms with E-state index in [1.165, 1.54) is 0 Å². The van der Waals surface area contributed by atoms with Crippen LogP contribution in [-0.4, -0.2) is 22.7 Å². The van der Waals surface area contributed by atoms with E-state index in [9.17, 15) is 4.79 Å². The lowest BCUT2D eigenvalue weighted by Crippen LogP contribution is -2.01. The van der Waals surface area contributed by atoms with E-state index in [0.29, 0.717) is 31.3 Å². The molecule has 1 aromatic carbocycles. The number of carbonyl (C=O) groups is 1. The molecule has 0 spiro atoms. The monoisotopic (exact) mass is 425 g/mol. The van der Waals surface area contributed by atoms with Crippen molar-refractivity contribution in [2.45, 2.75) is 13.0 Å². The van der Waals surface area contributed by atoms with Crippen LogP contribution < -0.4 is 9.47 Å². The number of aliphatic carboxylic acids is 1. The van der Waals surface area contributed by atoms with E-state index in [4.69, 9.17) is 14.6 Å². The molecule has 0 aliphatic rings. The van der Waals surface area contributed by atoms with Gasteiger partial charge in [0.05, 0.1) is 16.4 Å². The van der Waals surface area contributed by atoms with E-state index in [0.717, 1.165) is 15.2 Å². The lowest BCUT2D eigenvalue weighted by atomic mass is 10.2. The highest BCUT2D eigenvalue weighted by molar-refractivity contribution is 14.1. The second kappa shape index (κ2) is 9.14. The Labute approximate surface area is 148 Å². The van der Waals surface area contributed by atoms with Gasteiger partial charge in [0.15, 0.2) is 5.75 Å². The maximum atomic E-state index is 10.3. The molecule has 0 bridgehead atoms. The quantitative estimate of drug-likeness (QED) is 0.397. The largest absolute Gasteiger partial charge is 0.491 e. The number of hydrogen-bond acceptors (Lipinski definition) is 4. The molecule has 6 heteroatoms. The first-order valence-corrected chi connectivity index (χ1v) is 8.07. The predicted octanol–water partition coefficient (Wildman–Crippen LogP) is 3.67. The Hall–Kier alpha value is -2.09. The zero-order chi connectivity index (χ0) is 16.5. The van der Waals surface area contributed by atoms with Crippen LogP contribution in [0.5, 0.6) is 11.6 Å². The van der Waals surface area contributed by atoms with Gasteiger partial charge in [-0.3, -0.25) is 0 Å². The van der Waals surface area contributed by atoms with Gasteiger partial charge < -0.3 is 14.6 Å². The number of pyridine rings is 1. The molecule has 1 heterocycles. The lowest BCUT2D eigenvalue weighted by Gasteiger charge is -2.09. The third kappa shape index (κ3) is 6.27. The first-order valence-electron chi connectivity index (χ1n) is 6.99. The third-order valence-corrected chi connectivity index (χ3v) is 3.67. The average molecular weight is 425 g/mol. The van der Waals surface area contributed by atoms with E-state index in [1.54, 1.807) is 12.3 Å². The molecule has 0 aliphatic carbocycles. The van der Waals surface area contributed by atoms with Gasteiger partial charge in [0.2, 0.25) is 5.88 Å². The molecule has 0 amide bonds. The highest BCUT2D eigenvalue weighted by Gasteiger charge is 2.05.